The maximum Gasteiger partial charge on any atom is 0.137 e. The molecule has 0 aliphatic heterocycles. The van der Waals surface area contributed by atoms with E-state index in [0.717, 1.165) is 0 Å². The molecule has 1 aromatic heterocycles. The first-order chi connectivity index (χ1) is 9.13. The molecule has 1 aromatic carbocycles. The Bertz CT molecular complexity index is 575. The quantitative estimate of drug-likeness (QED) is 0.931. The minimum absolute atomic E-state index is 0.346. The number of pyridine rings is 1. The molecule has 0 bridgehead atoms. The molecule has 1 atom stereocenters. The van der Waals surface area contributed by atoms with Crippen molar-refractivity contribution in [1.29, 1.82) is 0 Å². The standard InChI is InChI=1S/C14H13Cl2NO2/c1-2-19-10-6-9(7-17-8-10)14(18)11-4-3-5-12(15)13(11)16/h3-8,14,18H,2H2,1H3. The third kappa shape index (κ3) is 3.18. The second-order valence-corrected chi connectivity index (χ2v) is 4.72. The summed E-state index contributed by atoms with van der Waals surface area (Å²) >= 11 is 12.0. The third-order valence-electron chi connectivity index (χ3n) is 2.64. The highest BCUT2D eigenvalue weighted by Gasteiger charge is 2.16. The summed E-state index contributed by atoms with van der Waals surface area (Å²) in [6.07, 6.45) is 2.28. The molecule has 1 heterocycles. The first-order valence-corrected chi connectivity index (χ1v) is 6.58. The second-order valence-electron chi connectivity index (χ2n) is 3.93. The van der Waals surface area contributed by atoms with E-state index in [1.165, 1.54) is 0 Å². The van der Waals surface area contributed by atoms with Crippen LogP contribution in [0.1, 0.15) is 24.2 Å². The highest BCUT2D eigenvalue weighted by Crippen LogP contribution is 2.33. The number of halogens is 2. The van der Waals surface area contributed by atoms with E-state index >= 15 is 0 Å². The minimum Gasteiger partial charge on any atom is -0.492 e. The lowest BCUT2D eigenvalue weighted by molar-refractivity contribution is 0.219. The number of rotatable bonds is 4. The van der Waals surface area contributed by atoms with Crippen molar-refractivity contribution < 1.29 is 9.84 Å². The Balaban J connectivity index is 2.35. The van der Waals surface area contributed by atoms with E-state index < -0.39 is 6.10 Å². The highest BCUT2D eigenvalue weighted by atomic mass is 35.5. The van der Waals surface area contributed by atoms with E-state index in [9.17, 15) is 5.11 Å². The normalized spacial score (nSPS) is 12.2. The van der Waals surface area contributed by atoms with Gasteiger partial charge in [0, 0.05) is 17.3 Å². The van der Waals surface area contributed by atoms with E-state index in [4.69, 9.17) is 27.9 Å². The number of benzene rings is 1. The molecule has 0 amide bonds. The topological polar surface area (TPSA) is 42.4 Å². The summed E-state index contributed by atoms with van der Waals surface area (Å²) in [4.78, 5) is 4.04. The lowest BCUT2D eigenvalue weighted by atomic mass is 10.0. The monoisotopic (exact) mass is 297 g/mol. The molecule has 0 spiro atoms. The zero-order valence-corrected chi connectivity index (χ0v) is 11.8. The summed E-state index contributed by atoms with van der Waals surface area (Å²) in [5.74, 6) is 0.609. The summed E-state index contributed by atoms with van der Waals surface area (Å²) in [6, 6.07) is 6.88. The molecule has 3 nitrogen and oxygen atoms in total. The van der Waals surface area contributed by atoms with Crippen LogP contribution in [0.25, 0.3) is 0 Å². The minimum atomic E-state index is -0.890. The van der Waals surface area contributed by atoms with Gasteiger partial charge < -0.3 is 9.84 Å². The van der Waals surface area contributed by atoms with Gasteiger partial charge >= 0.3 is 0 Å². The van der Waals surface area contributed by atoms with Crippen LogP contribution < -0.4 is 4.74 Å². The van der Waals surface area contributed by atoms with Crippen LogP contribution >= 0.6 is 23.2 Å². The van der Waals surface area contributed by atoms with Gasteiger partial charge in [-0.25, -0.2) is 0 Å². The van der Waals surface area contributed by atoms with Gasteiger partial charge in [0.15, 0.2) is 0 Å². The van der Waals surface area contributed by atoms with Gasteiger partial charge in [0.2, 0.25) is 0 Å². The Labute approximate surface area is 121 Å². The van der Waals surface area contributed by atoms with Crippen molar-refractivity contribution in [2.45, 2.75) is 13.0 Å². The number of ether oxygens (including phenoxy) is 1. The molecule has 2 rings (SSSR count). The van der Waals surface area contributed by atoms with Gasteiger partial charge in [-0.05, 0) is 19.1 Å². The molecule has 19 heavy (non-hydrogen) atoms. The molecule has 0 fully saturated rings. The maximum atomic E-state index is 10.4. The number of aliphatic hydroxyl groups is 1. The fourth-order valence-electron chi connectivity index (χ4n) is 1.74. The van der Waals surface area contributed by atoms with Gasteiger partial charge in [0.05, 0.1) is 22.8 Å². The lowest BCUT2D eigenvalue weighted by Crippen LogP contribution is -2.02. The molecular formula is C14H13Cl2NO2. The highest BCUT2D eigenvalue weighted by molar-refractivity contribution is 6.42. The molecular weight excluding hydrogens is 285 g/mol. The summed E-state index contributed by atoms with van der Waals surface area (Å²) in [5, 5.41) is 11.1. The van der Waals surface area contributed by atoms with Crippen molar-refractivity contribution in [3.63, 3.8) is 0 Å². The SMILES string of the molecule is CCOc1cncc(C(O)c2cccc(Cl)c2Cl)c1. The lowest BCUT2D eigenvalue weighted by Gasteiger charge is -2.14. The molecule has 2 aromatic rings. The number of hydrogen-bond donors (Lipinski definition) is 1. The van der Waals surface area contributed by atoms with Crippen molar-refractivity contribution in [2.75, 3.05) is 6.61 Å². The van der Waals surface area contributed by atoms with Crippen LogP contribution in [0.3, 0.4) is 0 Å². The third-order valence-corrected chi connectivity index (χ3v) is 3.47. The fraction of sp³-hybridized carbons (Fsp3) is 0.214. The number of nitrogens with zero attached hydrogens (tertiary/aromatic N) is 1. The Morgan fingerprint density at radius 3 is 2.84 bits per heavy atom. The smallest absolute Gasteiger partial charge is 0.137 e. The molecule has 1 unspecified atom stereocenters. The Hall–Kier alpha value is -1.29. The first-order valence-electron chi connectivity index (χ1n) is 5.83. The van der Waals surface area contributed by atoms with E-state index in [0.29, 0.717) is 33.5 Å². The number of aromatic nitrogens is 1. The molecule has 5 heteroatoms. The van der Waals surface area contributed by atoms with Crippen molar-refractivity contribution in [1.82, 2.24) is 4.98 Å². The predicted molar refractivity (Wildman–Crippen MR) is 75.9 cm³/mol. The van der Waals surface area contributed by atoms with Crippen LogP contribution in [-0.2, 0) is 0 Å². The van der Waals surface area contributed by atoms with E-state index in [2.05, 4.69) is 4.98 Å². The second kappa shape index (κ2) is 6.24. The average molecular weight is 298 g/mol. The molecule has 0 aliphatic carbocycles. The van der Waals surface area contributed by atoms with Gasteiger partial charge in [-0.1, -0.05) is 35.3 Å². The first kappa shape index (κ1) is 14.1. The van der Waals surface area contributed by atoms with Crippen molar-refractivity contribution in [3.8, 4) is 5.75 Å². The molecule has 100 valence electrons. The van der Waals surface area contributed by atoms with Gasteiger partial charge in [0.25, 0.3) is 0 Å². The van der Waals surface area contributed by atoms with Crippen LogP contribution in [0.4, 0.5) is 0 Å². The largest absolute Gasteiger partial charge is 0.492 e. The van der Waals surface area contributed by atoms with Gasteiger partial charge in [-0.2, -0.15) is 0 Å². The zero-order valence-electron chi connectivity index (χ0n) is 10.3. The Morgan fingerprint density at radius 2 is 2.11 bits per heavy atom. The predicted octanol–water partition coefficient (Wildman–Crippen LogP) is 3.87. The Kier molecular flexibility index (Phi) is 4.64. The fourth-order valence-corrected chi connectivity index (χ4v) is 2.15. The van der Waals surface area contributed by atoms with Crippen molar-refractivity contribution >= 4 is 23.2 Å². The molecule has 0 radical (unpaired) electrons. The van der Waals surface area contributed by atoms with Crippen molar-refractivity contribution in [3.05, 3.63) is 57.8 Å². The van der Waals surface area contributed by atoms with E-state index in [1.807, 2.05) is 6.92 Å². The van der Waals surface area contributed by atoms with Crippen molar-refractivity contribution in [2.24, 2.45) is 0 Å². The number of hydrogen-bond acceptors (Lipinski definition) is 3. The summed E-state index contributed by atoms with van der Waals surface area (Å²) < 4.78 is 5.35. The van der Waals surface area contributed by atoms with Crippen LogP contribution in [-0.4, -0.2) is 16.7 Å². The summed E-state index contributed by atoms with van der Waals surface area (Å²) in [5.41, 5.74) is 1.15. The molecule has 0 saturated heterocycles. The molecule has 1 N–H and O–H groups in total. The number of aliphatic hydroxyl groups excluding tert-OH is 1. The van der Waals surface area contributed by atoms with E-state index in [1.54, 1.807) is 36.7 Å². The summed E-state index contributed by atoms with van der Waals surface area (Å²) in [7, 11) is 0. The van der Waals surface area contributed by atoms with Crippen LogP contribution in [0.5, 0.6) is 5.75 Å². The van der Waals surface area contributed by atoms with Crippen LogP contribution in [0.2, 0.25) is 10.0 Å². The maximum absolute atomic E-state index is 10.4. The van der Waals surface area contributed by atoms with Gasteiger partial charge in [-0.15, -0.1) is 0 Å². The zero-order chi connectivity index (χ0) is 13.8. The Morgan fingerprint density at radius 1 is 1.32 bits per heavy atom. The molecule has 0 aliphatic rings. The van der Waals surface area contributed by atoms with Crippen LogP contribution in [0.15, 0.2) is 36.7 Å². The molecule has 0 saturated carbocycles. The van der Waals surface area contributed by atoms with E-state index in [-0.39, 0.29) is 0 Å². The van der Waals surface area contributed by atoms with Crippen LogP contribution in [0, 0.1) is 0 Å². The van der Waals surface area contributed by atoms with Gasteiger partial charge in [-0.3, -0.25) is 4.98 Å². The average Bonchev–Trinajstić information content (AvgIpc) is 2.42. The summed E-state index contributed by atoms with van der Waals surface area (Å²) in [6.45, 7) is 2.43. The van der Waals surface area contributed by atoms with Gasteiger partial charge in [0.1, 0.15) is 11.9 Å².